The Kier molecular flexibility index (Phi) is 4.00. The summed E-state index contributed by atoms with van der Waals surface area (Å²) >= 11 is 0. The van der Waals surface area contributed by atoms with E-state index in [0.717, 1.165) is 25.5 Å². The monoisotopic (exact) mass is 321 g/mol. The van der Waals surface area contributed by atoms with Crippen LogP contribution < -0.4 is 4.90 Å². The molecule has 0 N–H and O–H groups in total. The molecular weight excluding hydrogens is 303 g/mol. The number of aromatic nitrogens is 2. The third-order valence-electron chi connectivity index (χ3n) is 4.28. The molecule has 1 unspecified atom stereocenters. The SMILES string of the molecule is Cc1ccc(C)c(C2CCCN2c2ccc(C(F)(F)F)nn2)c1. The minimum atomic E-state index is -4.46. The normalized spacial score (nSPS) is 18.5. The second kappa shape index (κ2) is 5.83. The maximum atomic E-state index is 12.6. The first kappa shape index (κ1) is 15.8. The van der Waals surface area contributed by atoms with Crippen molar-refractivity contribution < 1.29 is 13.2 Å². The molecule has 0 amide bonds. The summed E-state index contributed by atoms with van der Waals surface area (Å²) in [7, 11) is 0. The van der Waals surface area contributed by atoms with Crippen LogP contribution in [0, 0.1) is 13.8 Å². The second-order valence-corrected chi connectivity index (χ2v) is 5.99. The van der Waals surface area contributed by atoms with Crippen molar-refractivity contribution >= 4 is 5.82 Å². The van der Waals surface area contributed by atoms with E-state index in [-0.39, 0.29) is 6.04 Å². The van der Waals surface area contributed by atoms with Crippen LogP contribution >= 0.6 is 0 Å². The van der Waals surface area contributed by atoms with Gasteiger partial charge in [-0.15, -0.1) is 10.2 Å². The van der Waals surface area contributed by atoms with E-state index in [1.807, 2.05) is 6.92 Å². The van der Waals surface area contributed by atoms with Crippen LogP contribution in [0.4, 0.5) is 19.0 Å². The number of benzene rings is 1. The van der Waals surface area contributed by atoms with E-state index in [4.69, 9.17) is 0 Å². The van der Waals surface area contributed by atoms with Crippen molar-refractivity contribution in [3.8, 4) is 0 Å². The van der Waals surface area contributed by atoms with Gasteiger partial charge in [-0.05, 0) is 49.9 Å². The minimum Gasteiger partial charge on any atom is -0.348 e. The lowest BCUT2D eigenvalue weighted by Crippen LogP contribution is -2.25. The smallest absolute Gasteiger partial charge is 0.348 e. The van der Waals surface area contributed by atoms with Crippen molar-refractivity contribution in [1.29, 1.82) is 0 Å². The average Bonchev–Trinajstić information content (AvgIpc) is 2.98. The fourth-order valence-electron chi connectivity index (χ4n) is 3.11. The van der Waals surface area contributed by atoms with Gasteiger partial charge in [0.25, 0.3) is 0 Å². The van der Waals surface area contributed by atoms with Gasteiger partial charge in [-0.3, -0.25) is 0 Å². The Balaban J connectivity index is 1.91. The molecule has 1 saturated heterocycles. The molecule has 1 aromatic carbocycles. The third kappa shape index (κ3) is 3.16. The van der Waals surface area contributed by atoms with Crippen LogP contribution in [0.15, 0.2) is 30.3 Å². The highest BCUT2D eigenvalue weighted by atomic mass is 19.4. The van der Waals surface area contributed by atoms with Crippen LogP contribution in [-0.2, 0) is 6.18 Å². The molecule has 1 aromatic heterocycles. The summed E-state index contributed by atoms with van der Waals surface area (Å²) in [6.07, 6.45) is -2.50. The first-order chi connectivity index (χ1) is 10.9. The van der Waals surface area contributed by atoms with Gasteiger partial charge in [0, 0.05) is 6.54 Å². The number of aryl methyl sites for hydroxylation is 2. The van der Waals surface area contributed by atoms with Gasteiger partial charge in [-0.1, -0.05) is 23.8 Å². The van der Waals surface area contributed by atoms with Crippen molar-refractivity contribution in [2.75, 3.05) is 11.4 Å². The lowest BCUT2D eigenvalue weighted by Gasteiger charge is -2.27. The fourth-order valence-corrected chi connectivity index (χ4v) is 3.11. The number of hydrogen-bond acceptors (Lipinski definition) is 3. The van der Waals surface area contributed by atoms with Gasteiger partial charge in [-0.2, -0.15) is 13.2 Å². The predicted molar refractivity (Wildman–Crippen MR) is 82.3 cm³/mol. The van der Waals surface area contributed by atoms with Crippen molar-refractivity contribution in [1.82, 2.24) is 10.2 Å². The molecule has 1 aliphatic rings. The van der Waals surface area contributed by atoms with Crippen LogP contribution in [0.2, 0.25) is 0 Å². The lowest BCUT2D eigenvalue weighted by atomic mass is 9.97. The van der Waals surface area contributed by atoms with E-state index in [0.29, 0.717) is 5.82 Å². The van der Waals surface area contributed by atoms with Crippen molar-refractivity contribution in [3.63, 3.8) is 0 Å². The Morgan fingerprint density at radius 2 is 1.87 bits per heavy atom. The fraction of sp³-hybridized carbons (Fsp3) is 0.412. The first-order valence-electron chi connectivity index (χ1n) is 7.61. The summed E-state index contributed by atoms with van der Waals surface area (Å²) in [5.41, 5.74) is 2.62. The van der Waals surface area contributed by atoms with E-state index >= 15 is 0 Å². The Labute approximate surface area is 133 Å². The Hall–Kier alpha value is -2.11. The zero-order chi connectivity index (χ0) is 16.6. The highest BCUT2D eigenvalue weighted by molar-refractivity contribution is 5.46. The van der Waals surface area contributed by atoms with Gasteiger partial charge < -0.3 is 4.90 Å². The number of alkyl halides is 3. The van der Waals surface area contributed by atoms with E-state index < -0.39 is 11.9 Å². The minimum absolute atomic E-state index is 0.140. The van der Waals surface area contributed by atoms with E-state index in [1.54, 1.807) is 0 Å². The molecule has 0 bridgehead atoms. The van der Waals surface area contributed by atoms with Gasteiger partial charge in [0.05, 0.1) is 6.04 Å². The number of nitrogens with zero attached hydrogens (tertiary/aromatic N) is 3. The molecule has 1 aliphatic heterocycles. The summed E-state index contributed by atoms with van der Waals surface area (Å²) in [6.45, 7) is 4.88. The van der Waals surface area contributed by atoms with Crippen LogP contribution in [0.25, 0.3) is 0 Å². The maximum Gasteiger partial charge on any atom is 0.435 e. The van der Waals surface area contributed by atoms with Gasteiger partial charge in [0.1, 0.15) is 0 Å². The van der Waals surface area contributed by atoms with Crippen LogP contribution in [0.5, 0.6) is 0 Å². The molecule has 6 heteroatoms. The van der Waals surface area contributed by atoms with Gasteiger partial charge >= 0.3 is 6.18 Å². The topological polar surface area (TPSA) is 29.0 Å². The molecule has 0 aliphatic carbocycles. The second-order valence-electron chi connectivity index (χ2n) is 5.99. The van der Waals surface area contributed by atoms with E-state index in [2.05, 4.69) is 40.2 Å². The average molecular weight is 321 g/mol. The highest BCUT2D eigenvalue weighted by Crippen LogP contribution is 2.37. The van der Waals surface area contributed by atoms with E-state index in [1.165, 1.54) is 22.8 Å². The number of halogens is 3. The molecule has 3 nitrogen and oxygen atoms in total. The summed E-state index contributed by atoms with van der Waals surface area (Å²) in [5.74, 6) is 0.501. The van der Waals surface area contributed by atoms with Crippen molar-refractivity contribution in [2.24, 2.45) is 0 Å². The predicted octanol–water partition coefficient (Wildman–Crippen LogP) is 4.45. The number of hydrogen-bond donors (Lipinski definition) is 0. The molecule has 3 rings (SSSR count). The summed E-state index contributed by atoms with van der Waals surface area (Å²) in [5, 5.41) is 7.16. The van der Waals surface area contributed by atoms with Crippen molar-refractivity contribution in [2.45, 2.75) is 38.9 Å². The highest BCUT2D eigenvalue weighted by Gasteiger charge is 2.34. The quantitative estimate of drug-likeness (QED) is 0.818. The van der Waals surface area contributed by atoms with Gasteiger partial charge in [-0.25, -0.2) is 0 Å². The molecule has 1 fully saturated rings. The van der Waals surface area contributed by atoms with Crippen molar-refractivity contribution in [3.05, 3.63) is 52.7 Å². The molecule has 122 valence electrons. The van der Waals surface area contributed by atoms with Gasteiger partial charge in [0.2, 0.25) is 0 Å². The van der Waals surface area contributed by atoms with Crippen LogP contribution in [0.3, 0.4) is 0 Å². The molecule has 23 heavy (non-hydrogen) atoms. The number of anilines is 1. The Morgan fingerprint density at radius 3 is 2.52 bits per heavy atom. The molecular formula is C17H18F3N3. The summed E-state index contributed by atoms with van der Waals surface area (Å²) in [4.78, 5) is 2.05. The first-order valence-corrected chi connectivity index (χ1v) is 7.61. The molecule has 2 heterocycles. The summed E-state index contributed by atoms with van der Waals surface area (Å²) < 4.78 is 37.9. The zero-order valence-electron chi connectivity index (χ0n) is 13.1. The Morgan fingerprint density at radius 1 is 1.09 bits per heavy atom. The Bertz CT molecular complexity index is 695. The summed E-state index contributed by atoms with van der Waals surface area (Å²) in [6, 6.07) is 8.85. The van der Waals surface area contributed by atoms with E-state index in [9.17, 15) is 13.2 Å². The zero-order valence-corrected chi connectivity index (χ0v) is 13.1. The maximum absolute atomic E-state index is 12.6. The lowest BCUT2D eigenvalue weighted by molar-refractivity contribution is -0.141. The molecule has 2 aromatic rings. The molecule has 0 radical (unpaired) electrons. The molecule has 1 atom stereocenters. The van der Waals surface area contributed by atoms with Gasteiger partial charge in [0.15, 0.2) is 11.5 Å². The number of rotatable bonds is 2. The third-order valence-corrected chi connectivity index (χ3v) is 4.28. The largest absolute Gasteiger partial charge is 0.435 e. The molecule has 0 spiro atoms. The molecule has 0 saturated carbocycles. The standard InChI is InChI=1S/C17H18F3N3/c1-11-5-6-12(2)13(10-11)14-4-3-9-23(14)16-8-7-15(21-22-16)17(18,19)20/h5-8,10,14H,3-4,9H2,1-2H3. The van der Waals surface area contributed by atoms with Crippen LogP contribution in [0.1, 0.15) is 41.3 Å². The van der Waals surface area contributed by atoms with Crippen LogP contribution in [-0.4, -0.2) is 16.7 Å².